The van der Waals surface area contributed by atoms with Gasteiger partial charge in [0.15, 0.2) is 0 Å². The van der Waals surface area contributed by atoms with Crippen LogP contribution in [-0.2, 0) is 6.54 Å². The van der Waals surface area contributed by atoms with Crippen molar-refractivity contribution in [2.75, 3.05) is 13.1 Å². The molecule has 1 aliphatic rings. The number of nitrogens with one attached hydrogen (secondary N) is 3. The molecule has 3 rings (SSSR count). The molecule has 1 fully saturated rings. The van der Waals surface area contributed by atoms with Crippen LogP contribution in [0.2, 0.25) is 0 Å². The van der Waals surface area contributed by atoms with E-state index in [1.54, 1.807) is 18.2 Å². The molecule has 1 aliphatic heterocycles. The van der Waals surface area contributed by atoms with Crippen LogP contribution in [0.4, 0.5) is 0 Å². The van der Waals surface area contributed by atoms with Gasteiger partial charge in [-0.15, -0.1) is 0 Å². The van der Waals surface area contributed by atoms with Crippen molar-refractivity contribution in [3.8, 4) is 0 Å². The van der Waals surface area contributed by atoms with E-state index in [9.17, 15) is 9.59 Å². The third kappa shape index (κ3) is 4.04. The highest BCUT2D eigenvalue weighted by Gasteiger charge is 2.19. The van der Waals surface area contributed by atoms with E-state index in [0.29, 0.717) is 11.5 Å². The maximum Gasteiger partial charge on any atom is 0.335 e. The molecule has 0 atom stereocenters. The van der Waals surface area contributed by atoms with Gasteiger partial charge in [-0.3, -0.25) is 15.6 Å². The van der Waals surface area contributed by atoms with Crippen LogP contribution in [0.5, 0.6) is 0 Å². The van der Waals surface area contributed by atoms with E-state index in [2.05, 4.69) is 16.2 Å². The van der Waals surface area contributed by atoms with Gasteiger partial charge in [0.05, 0.1) is 5.56 Å². The minimum atomic E-state index is -0.977. The van der Waals surface area contributed by atoms with E-state index in [4.69, 9.17) is 5.11 Å². The Hall–Kier alpha value is -2.70. The van der Waals surface area contributed by atoms with Gasteiger partial charge in [0.25, 0.3) is 5.91 Å². The minimum Gasteiger partial charge on any atom is -0.478 e. The molecule has 0 aliphatic carbocycles. The Labute approximate surface area is 146 Å². The Balaban J connectivity index is 1.66. The maximum absolute atomic E-state index is 12.4. The molecule has 0 saturated carbocycles. The van der Waals surface area contributed by atoms with Gasteiger partial charge in [0.1, 0.15) is 0 Å². The van der Waals surface area contributed by atoms with Gasteiger partial charge in [0.2, 0.25) is 0 Å². The van der Waals surface area contributed by atoms with E-state index >= 15 is 0 Å². The Kier molecular flexibility index (Phi) is 5.11. The van der Waals surface area contributed by atoms with Crippen LogP contribution in [0.25, 0.3) is 0 Å². The fraction of sp³-hybridized carbons (Fsp3) is 0.263. The third-order valence-corrected chi connectivity index (χ3v) is 4.42. The summed E-state index contributed by atoms with van der Waals surface area (Å²) in [7, 11) is 0. The summed E-state index contributed by atoms with van der Waals surface area (Å²) in [6.07, 6.45) is 0. The normalized spacial score (nSPS) is 14.4. The number of aromatic carboxylic acids is 1. The van der Waals surface area contributed by atoms with Crippen molar-refractivity contribution in [2.45, 2.75) is 19.4 Å². The van der Waals surface area contributed by atoms with Gasteiger partial charge in [-0.2, -0.15) is 0 Å². The average molecular weight is 339 g/mol. The van der Waals surface area contributed by atoms with Crippen molar-refractivity contribution in [3.05, 3.63) is 70.3 Å². The zero-order chi connectivity index (χ0) is 17.8. The summed E-state index contributed by atoms with van der Waals surface area (Å²) in [6.45, 7) is 4.07. The lowest BCUT2D eigenvalue weighted by Gasteiger charge is -2.13. The number of rotatable bonds is 5. The molecule has 2 aromatic rings. The number of amides is 1. The van der Waals surface area contributed by atoms with Crippen molar-refractivity contribution in [2.24, 2.45) is 0 Å². The fourth-order valence-corrected chi connectivity index (χ4v) is 3.06. The highest BCUT2D eigenvalue weighted by Crippen LogP contribution is 2.22. The first-order valence-corrected chi connectivity index (χ1v) is 8.21. The molecule has 0 spiro atoms. The number of hydrogen-bond acceptors (Lipinski definition) is 4. The smallest absolute Gasteiger partial charge is 0.335 e. The monoisotopic (exact) mass is 339 g/mol. The summed E-state index contributed by atoms with van der Waals surface area (Å²) in [5.74, 6) is -0.732. The van der Waals surface area contributed by atoms with E-state index in [-0.39, 0.29) is 18.0 Å². The number of carbonyl (C=O) groups is 2. The van der Waals surface area contributed by atoms with Crippen molar-refractivity contribution >= 4 is 11.9 Å². The largest absolute Gasteiger partial charge is 0.478 e. The van der Waals surface area contributed by atoms with E-state index < -0.39 is 5.97 Å². The SMILES string of the molecule is Cc1cc(C(=O)NCc2cccc(C(=O)O)c2)ccc1C1CNNC1. The van der Waals surface area contributed by atoms with Crippen LogP contribution < -0.4 is 16.2 Å². The Morgan fingerprint density at radius 3 is 2.56 bits per heavy atom. The molecule has 1 saturated heterocycles. The summed E-state index contributed by atoms with van der Waals surface area (Å²) in [5.41, 5.74) is 10.1. The standard InChI is InChI=1S/C19H21N3O3/c1-12-7-14(5-6-17(12)16-10-21-22-11-16)18(23)20-9-13-3-2-4-15(8-13)19(24)25/h2-8,16,21-22H,9-11H2,1H3,(H,20,23)(H,24,25). The summed E-state index contributed by atoms with van der Waals surface area (Å²) in [4.78, 5) is 23.4. The zero-order valence-corrected chi connectivity index (χ0v) is 14.0. The molecule has 0 aromatic heterocycles. The molecular formula is C19H21N3O3. The second-order valence-corrected chi connectivity index (χ2v) is 6.22. The molecule has 6 nitrogen and oxygen atoms in total. The second-order valence-electron chi connectivity index (χ2n) is 6.22. The first-order valence-electron chi connectivity index (χ1n) is 8.21. The van der Waals surface area contributed by atoms with E-state index in [1.807, 2.05) is 25.1 Å². The first-order chi connectivity index (χ1) is 12.0. The topological polar surface area (TPSA) is 90.5 Å². The second kappa shape index (κ2) is 7.46. The maximum atomic E-state index is 12.4. The lowest BCUT2D eigenvalue weighted by Crippen LogP contribution is -2.23. The van der Waals surface area contributed by atoms with Crippen LogP contribution in [0, 0.1) is 6.92 Å². The van der Waals surface area contributed by atoms with Gasteiger partial charge in [-0.1, -0.05) is 18.2 Å². The van der Waals surface area contributed by atoms with Gasteiger partial charge in [-0.05, 0) is 47.9 Å². The molecule has 2 aromatic carbocycles. The molecule has 0 unspecified atom stereocenters. The number of carbonyl (C=O) groups excluding carboxylic acids is 1. The van der Waals surface area contributed by atoms with E-state index in [1.165, 1.54) is 11.6 Å². The third-order valence-electron chi connectivity index (χ3n) is 4.42. The van der Waals surface area contributed by atoms with Crippen LogP contribution in [0.3, 0.4) is 0 Å². The highest BCUT2D eigenvalue weighted by atomic mass is 16.4. The quantitative estimate of drug-likeness (QED) is 0.667. The summed E-state index contributed by atoms with van der Waals surface area (Å²) in [6, 6.07) is 12.3. The summed E-state index contributed by atoms with van der Waals surface area (Å²) in [5, 5.41) is 11.9. The van der Waals surface area contributed by atoms with Crippen LogP contribution in [0.1, 0.15) is 43.3 Å². The summed E-state index contributed by atoms with van der Waals surface area (Å²) < 4.78 is 0. The van der Waals surface area contributed by atoms with Gasteiger partial charge in [-0.25, -0.2) is 4.79 Å². The van der Waals surface area contributed by atoms with Gasteiger partial charge < -0.3 is 10.4 Å². The van der Waals surface area contributed by atoms with Crippen molar-refractivity contribution in [3.63, 3.8) is 0 Å². The predicted molar refractivity (Wildman–Crippen MR) is 94.5 cm³/mol. The molecule has 0 radical (unpaired) electrons. The molecule has 130 valence electrons. The van der Waals surface area contributed by atoms with Crippen molar-refractivity contribution in [1.29, 1.82) is 0 Å². The number of benzene rings is 2. The van der Waals surface area contributed by atoms with Gasteiger partial charge in [0, 0.05) is 31.1 Å². The van der Waals surface area contributed by atoms with Crippen molar-refractivity contribution in [1.82, 2.24) is 16.2 Å². The Morgan fingerprint density at radius 1 is 1.12 bits per heavy atom. The van der Waals surface area contributed by atoms with Crippen LogP contribution in [0.15, 0.2) is 42.5 Å². The van der Waals surface area contributed by atoms with Crippen LogP contribution in [-0.4, -0.2) is 30.1 Å². The minimum absolute atomic E-state index is 0.168. The van der Waals surface area contributed by atoms with E-state index in [0.717, 1.165) is 24.2 Å². The van der Waals surface area contributed by atoms with Crippen LogP contribution >= 0.6 is 0 Å². The molecular weight excluding hydrogens is 318 g/mol. The average Bonchev–Trinajstić information content (AvgIpc) is 3.14. The molecule has 6 heteroatoms. The lowest BCUT2D eigenvalue weighted by atomic mass is 9.94. The first kappa shape index (κ1) is 17.1. The number of hydrazine groups is 1. The molecule has 1 heterocycles. The summed E-state index contributed by atoms with van der Waals surface area (Å²) >= 11 is 0. The molecule has 0 bridgehead atoms. The Bertz CT molecular complexity index is 798. The molecule has 4 N–H and O–H groups in total. The Morgan fingerprint density at radius 2 is 1.88 bits per heavy atom. The number of hydrogen-bond donors (Lipinski definition) is 4. The predicted octanol–water partition coefficient (Wildman–Crippen LogP) is 1.81. The van der Waals surface area contributed by atoms with Crippen molar-refractivity contribution < 1.29 is 14.7 Å². The zero-order valence-electron chi connectivity index (χ0n) is 14.0. The molecule has 25 heavy (non-hydrogen) atoms. The number of carboxylic acid groups (broad SMARTS) is 1. The number of carboxylic acids is 1. The highest BCUT2D eigenvalue weighted by molar-refractivity contribution is 5.94. The van der Waals surface area contributed by atoms with Gasteiger partial charge >= 0.3 is 5.97 Å². The fourth-order valence-electron chi connectivity index (χ4n) is 3.06. The number of aryl methyl sites for hydroxylation is 1. The lowest BCUT2D eigenvalue weighted by molar-refractivity contribution is 0.0696. The molecule has 1 amide bonds.